The Bertz CT molecular complexity index is 951. The molecular weight excluding hydrogens is 346 g/mol. The van der Waals surface area contributed by atoms with Crippen molar-refractivity contribution < 1.29 is 14.3 Å². The van der Waals surface area contributed by atoms with Crippen LogP contribution in [0.4, 0.5) is 0 Å². The van der Waals surface area contributed by atoms with Crippen molar-refractivity contribution in [1.29, 1.82) is 0 Å². The summed E-state index contributed by atoms with van der Waals surface area (Å²) in [7, 11) is 0. The van der Waals surface area contributed by atoms with Crippen LogP contribution in [0.15, 0.2) is 77.6 Å². The molecule has 2 N–H and O–H groups in total. The predicted molar refractivity (Wildman–Crippen MR) is 97.7 cm³/mol. The number of nitrogens with one attached hydrogen (secondary N) is 2. The Morgan fingerprint density at radius 2 is 1.63 bits per heavy atom. The van der Waals surface area contributed by atoms with Gasteiger partial charge in [-0.3, -0.25) is 9.59 Å². The molecule has 136 valence electrons. The zero-order chi connectivity index (χ0) is 19.1. The number of carbonyl (C=O) groups is 2. The molecule has 7 heteroatoms. The number of carbonyl (C=O) groups excluding carboxylic acids is 2. The Morgan fingerprint density at radius 1 is 0.963 bits per heavy atom. The molecular formula is C20H17N3O4. The Hall–Kier alpha value is -3.74. The molecule has 0 bridgehead atoms. The fourth-order valence-corrected chi connectivity index (χ4v) is 2.41. The van der Waals surface area contributed by atoms with Crippen LogP contribution in [0, 0.1) is 0 Å². The molecule has 3 rings (SSSR count). The Morgan fingerprint density at radius 3 is 2.26 bits per heavy atom. The van der Waals surface area contributed by atoms with Crippen LogP contribution >= 0.6 is 0 Å². The predicted octanol–water partition coefficient (Wildman–Crippen LogP) is 1.98. The van der Waals surface area contributed by atoms with Crippen LogP contribution in [0.2, 0.25) is 0 Å². The summed E-state index contributed by atoms with van der Waals surface area (Å²) in [5.74, 6) is -1.19. The molecule has 27 heavy (non-hydrogen) atoms. The third-order valence-corrected chi connectivity index (χ3v) is 3.78. The van der Waals surface area contributed by atoms with Gasteiger partial charge in [0.2, 0.25) is 0 Å². The van der Waals surface area contributed by atoms with Gasteiger partial charge in [-0.25, -0.2) is 9.89 Å². The maximum atomic E-state index is 12.6. The van der Waals surface area contributed by atoms with Gasteiger partial charge >= 0.3 is 5.97 Å². The van der Waals surface area contributed by atoms with Crippen LogP contribution in [0.5, 0.6) is 0 Å². The van der Waals surface area contributed by atoms with Gasteiger partial charge in [-0.1, -0.05) is 60.7 Å². The maximum absolute atomic E-state index is 12.6. The lowest BCUT2D eigenvalue weighted by atomic mass is 10.1. The topological polar surface area (TPSA) is 101 Å². The first-order chi connectivity index (χ1) is 13.1. The fourth-order valence-electron chi connectivity index (χ4n) is 2.41. The van der Waals surface area contributed by atoms with E-state index < -0.39 is 23.5 Å². The Labute approximate surface area is 155 Å². The number of hydrogen-bond acceptors (Lipinski definition) is 5. The van der Waals surface area contributed by atoms with Gasteiger partial charge in [0.25, 0.3) is 11.5 Å². The number of benzene rings is 2. The first kappa shape index (κ1) is 18.1. The first-order valence-corrected chi connectivity index (χ1v) is 8.25. The molecule has 1 atom stereocenters. The highest BCUT2D eigenvalue weighted by Gasteiger charge is 2.25. The van der Waals surface area contributed by atoms with Crippen LogP contribution in [-0.2, 0) is 16.1 Å². The standard InChI is InChI=1S/C20H17N3O4/c24-17-12-11-16(22-23-17)19(25)21-18(15-9-5-2-6-10-15)20(26)27-13-14-7-3-1-4-8-14/h1-12,18H,13H2,(H,21,25)(H,23,24). The molecule has 0 aliphatic carbocycles. The number of aromatic nitrogens is 2. The van der Waals surface area contributed by atoms with E-state index in [1.165, 1.54) is 12.1 Å². The smallest absolute Gasteiger partial charge is 0.333 e. The number of rotatable bonds is 6. The zero-order valence-electron chi connectivity index (χ0n) is 14.3. The molecule has 3 aromatic rings. The molecule has 1 aromatic heterocycles. The van der Waals surface area contributed by atoms with Gasteiger partial charge in [-0.2, -0.15) is 5.10 Å². The van der Waals surface area contributed by atoms with Crippen molar-refractivity contribution in [3.05, 3.63) is 100.0 Å². The van der Waals surface area contributed by atoms with Gasteiger partial charge < -0.3 is 10.1 Å². The third kappa shape index (κ3) is 4.88. The van der Waals surface area contributed by atoms with E-state index in [1.54, 1.807) is 30.3 Å². The van der Waals surface area contributed by atoms with E-state index in [0.29, 0.717) is 5.56 Å². The van der Waals surface area contributed by atoms with Gasteiger partial charge in [-0.15, -0.1) is 0 Å². The zero-order valence-corrected chi connectivity index (χ0v) is 14.3. The normalized spacial score (nSPS) is 11.4. The van der Waals surface area contributed by atoms with Gasteiger partial charge in [0.1, 0.15) is 12.3 Å². The number of hydrogen-bond donors (Lipinski definition) is 2. The summed E-state index contributed by atoms with van der Waals surface area (Å²) in [6.07, 6.45) is 0. The summed E-state index contributed by atoms with van der Waals surface area (Å²) in [5, 5.41) is 8.47. The molecule has 0 aliphatic rings. The highest BCUT2D eigenvalue weighted by Crippen LogP contribution is 2.16. The Balaban J connectivity index is 1.76. The molecule has 0 aliphatic heterocycles. The van der Waals surface area contributed by atoms with Crippen molar-refractivity contribution in [2.24, 2.45) is 0 Å². The quantitative estimate of drug-likeness (QED) is 0.652. The largest absolute Gasteiger partial charge is 0.459 e. The summed E-state index contributed by atoms with van der Waals surface area (Å²) in [6.45, 7) is 0.0930. The second-order valence-electron chi connectivity index (χ2n) is 5.72. The minimum absolute atomic E-state index is 0.00797. The van der Waals surface area contributed by atoms with E-state index in [-0.39, 0.29) is 12.3 Å². The van der Waals surface area contributed by atoms with E-state index in [0.717, 1.165) is 5.56 Å². The van der Waals surface area contributed by atoms with Crippen molar-refractivity contribution in [3.63, 3.8) is 0 Å². The Kier molecular flexibility index (Phi) is 5.73. The van der Waals surface area contributed by atoms with Crippen LogP contribution in [-0.4, -0.2) is 22.1 Å². The molecule has 0 spiro atoms. The molecule has 0 radical (unpaired) electrons. The molecule has 2 aromatic carbocycles. The van der Waals surface area contributed by atoms with Crippen molar-refractivity contribution in [2.45, 2.75) is 12.6 Å². The van der Waals surface area contributed by atoms with Gasteiger partial charge in [0.05, 0.1) is 0 Å². The molecule has 0 fully saturated rings. The maximum Gasteiger partial charge on any atom is 0.333 e. The van der Waals surface area contributed by atoms with E-state index in [2.05, 4.69) is 15.5 Å². The lowest BCUT2D eigenvalue weighted by Crippen LogP contribution is -2.35. The van der Waals surface area contributed by atoms with Crippen LogP contribution in [0.1, 0.15) is 27.7 Å². The molecule has 1 heterocycles. The van der Waals surface area contributed by atoms with Crippen LogP contribution in [0.25, 0.3) is 0 Å². The van der Waals surface area contributed by atoms with Gasteiger partial charge in [0, 0.05) is 6.07 Å². The second-order valence-corrected chi connectivity index (χ2v) is 5.72. The molecule has 0 saturated heterocycles. The highest BCUT2D eigenvalue weighted by atomic mass is 16.5. The SMILES string of the molecule is O=C(NC(C(=O)OCc1ccccc1)c1ccccc1)c1ccc(=O)[nH]n1. The van der Waals surface area contributed by atoms with E-state index in [4.69, 9.17) is 4.74 Å². The summed E-state index contributed by atoms with van der Waals surface area (Å²) < 4.78 is 5.37. The minimum Gasteiger partial charge on any atom is -0.459 e. The van der Waals surface area contributed by atoms with Crippen molar-refractivity contribution in [1.82, 2.24) is 15.5 Å². The fraction of sp³-hybridized carbons (Fsp3) is 0.100. The van der Waals surface area contributed by atoms with Crippen molar-refractivity contribution in [2.75, 3.05) is 0 Å². The second kappa shape index (κ2) is 8.57. The number of ether oxygens (including phenoxy) is 1. The summed E-state index contributed by atoms with van der Waals surface area (Å²) in [5.41, 5.74) is 0.986. The van der Waals surface area contributed by atoms with Crippen LogP contribution < -0.4 is 10.9 Å². The van der Waals surface area contributed by atoms with E-state index in [9.17, 15) is 14.4 Å². The van der Waals surface area contributed by atoms with Crippen LogP contribution in [0.3, 0.4) is 0 Å². The average Bonchev–Trinajstić information content (AvgIpc) is 2.72. The number of amides is 1. The first-order valence-electron chi connectivity index (χ1n) is 8.25. The minimum atomic E-state index is -1.00. The lowest BCUT2D eigenvalue weighted by molar-refractivity contribution is -0.147. The van der Waals surface area contributed by atoms with Crippen molar-refractivity contribution in [3.8, 4) is 0 Å². The average molecular weight is 363 g/mol. The number of aromatic amines is 1. The summed E-state index contributed by atoms with van der Waals surface area (Å²) in [6, 6.07) is 19.5. The number of H-pyrrole nitrogens is 1. The summed E-state index contributed by atoms with van der Waals surface area (Å²) >= 11 is 0. The summed E-state index contributed by atoms with van der Waals surface area (Å²) in [4.78, 5) is 36.1. The van der Waals surface area contributed by atoms with Gasteiger partial charge in [-0.05, 0) is 17.2 Å². The molecule has 1 unspecified atom stereocenters. The molecule has 1 amide bonds. The van der Waals surface area contributed by atoms with E-state index >= 15 is 0 Å². The molecule has 7 nitrogen and oxygen atoms in total. The third-order valence-electron chi connectivity index (χ3n) is 3.78. The van der Waals surface area contributed by atoms with Crippen molar-refractivity contribution >= 4 is 11.9 Å². The number of nitrogens with zero attached hydrogens (tertiary/aromatic N) is 1. The monoisotopic (exact) mass is 363 g/mol. The molecule has 0 saturated carbocycles. The highest BCUT2D eigenvalue weighted by molar-refractivity contribution is 5.95. The lowest BCUT2D eigenvalue weighted by Gasteiger charge is -2.18. The van der Waals surface area contributed by atoms with E-state index in [1.807, 2.05) is 30.3 Å². The number of esters is 1. The van der Waals surface area contributed by atoms with Gasteiger partial charge in [0.15, 0.2) is 6.04 Å².